The Morgan fingerprint density at radius 1 is 0.300 bits per heavy atom. The van der Waals surface area contributed by atoms with E-state index in [1.165, 1.54) is 151 Å². The number of anilines is 9. The van der Waals surface area contributed by atoms with E-state index in [0.29, 0.717) is 18.1 Å². The van der Waals surface area contributed by atoms with Gasteiger partial charge in [-0.2, -0.15) is 0 Å². The third-order valence-corrected chi connectivity index (χ3v) is 16.5. The van der Waals surface area contributed by atoms with Crippen molar-refractivity contribution in [3.05, 3.63) is 199 Å². The minimum Gasteiger partial charge on any atom is -0.366 e. The normalized spacial score (nSPS) is 15.9. The number of aryl methyl sites for hydroxylation is 1. The summed E-state index contributed by atoms with van der Waals surface area (Å²) < 4.78 is 0. The number of rotatable bonds is 14. The fourth-order valence-electron chi connectivity index (χ4n) is 11.9. The zero-order chi connectivity index (χ0) is 47.1. The van der Waals surface area contributed by atoms with Crippen LogP contribution in [0.4, 0.5) is 51.2 Å². The van der Waals surface area contributed by atoms with Crippen LogP contribution in [-0.4, -0.2) is 18.1 Å². The van der Waals surface area contributed by atoms with E-state index in [0.717, 1.165) is 22.7 Å². The summed E-state index contributed by atoms with van der Waals surface area (Å²) >= 11 is 1.84. The molecule has 70 heavy (non-hydrogen) atoms. The molecule has 1 heterocycles. The Morgan fingerprint density at radius 2 is 0.629 bits per heavy atom. The third-order valence-electron chi connectivity index (χ3n) is 15.5. The van der Waals surface area contributed by atoms with Crippen LogP contribution < -0.4 is 19.6 Å². The predicted molar refractivity (Wildman–Crippen MR) is 301 cm³/mol. The molecule has 5 heteroatoms. The molecule has 1 aromatic heterocycles. The molecule has 0 atom stereocenters. The van der Waals surface area contributed by atoms with E-state index in [2.05, 4.69) is 221 Å². The second kappa shape index (κ2) is 21.6. The smallest absolute Gasteiger partial charge is 0.0463 e. The average Bonchev–Trinajstić information content (AvgIpc) is 3.88. The monoisotopic (exact) mass is 937 g/mol. The summed E-state index contributed by atoms with van der Waals surface area (Å²) in [5.41, 5.74) is 14.5. The Bertz CT molecular complexity index is 2840. The average molecular weight is 937 g/mol. The molecule has 0 N–H and O–H groups in total. The van der Waals surface area contributed by atoms with Crippen molar-refractivity contribution in [1.29, 1.82) is 0 Å². The van der Waals surface area contributed by atoms with E-state index in [4.69, 9.17) is 0 Å². The first-order chi connectivity index (χ1) is 34.6. The highest BCUT2D eigenvalue weighted by Gasteiger charge is 2.30. The topological polar surface area (TPSA) is 13.0 Å². The third kappa shape index (κ3) is 10.2. The molecule has 7 aromatic carbocycles. The number of para-hydroxylation sites is 2. The van der Waals surface area contributed by atoms with Crippen LogP contribution in [0, 0.1) is 6.92 Å². The van der Waals surface area contributed by atoms with Gasteiger partial charge in [-0.05, 0) is 183 Å². The molecule has 8 aromatic rings. The van der Waals surface area contributed by atoms with Gasteiger partial charge in [0.25, 0.3) is 0 Å². The fourth-order valence-corrected chi connectivity index (χ4v) is 12.8. The highest BCUT2D eigenvalue weighted by atomic mass is 32.1. The summed E-state index contributed by atoms with van der Waals surface area (Å²) in [6, 6.07) is 74.3. The second-order valence-corrected chi connectivity index (χ2v) is 21.4. The molecule has 11 rings (SSSR count). The summed E-state index contributed by atoms with van der Waals surface area (Å²) in [6.45, 7) is 2.17. The summed E-state index contributed by atoms with van der Waals surface area (Å²) in [5.74, 6) is 0. The highest BCUT2D eigenvalue weighted by Crippen LogP contribution is 2.43. The van der Waals surface area contributed by atoms with Crippen molar-refractivity contribution in [2.45, 2.75) is 121 Å². The van der Waals surface area contributed by atoms with E-state index >= 15 is 0 Å². The van der Waals surface area contributed by atoms with Crippen LogP contribution >= 0.6 is 11.3 Å². The number of thiophene rings is 1. The van der Waals surface area contributed by atoms with E-state index in [1.807, 2.05) is 11.3 Å². The van der Waals surface area contributed by atoms with Crippen LogP contribution in [0.1, 0.15) is 101 Å². The quantitative estimate of drug-likeness (QED) is 0.108. The maximum absolute atomic E-state index is 2.87. The van der Waals surface area contributed by atoms with Gasteiger partial charge >= 0.3 is 0 Å². The van der Waals surface area contributed by atoms with Gasteiger partial charge in [-0.3, -0.25) is 0 Å². The van der Waals surface area contributed by atoms with Crippen LogP contribution in [0.2, 0.25) is 0 Å². The lowest BCUT2D eigenvalue weighted by molar-refractivity contribution is 0.340. The lowest BCUT2D eigenvalue weighted by Crippen LogP contribution is -2.45. The zero-order valence-corrected chi connectivity index (χ0v) is 41.8. The summed E-state index contributed by atoms with van der Waals surface area (Å²) in [4.78, 5) is 12.9. The molecule has 3 aliphatic carbocycles. The van der Waals surface area contributed by atoms with Gasteiger partial charge in [0.2, 0.25) is 0 Å². The van der Waals surface area contributed by atoms with E-state index in [-0.39, 0.29) is 0 Å². The Hall–Kier alpha value is -6.56. The molecule has 0 bridgehead atoms. The van der Waals surface area contributed by atoms with Crippen molar-refractivity contribution >= 4 is 62.5 Å². The molecule has 0 amide bonds. The second-order valence-electron chi connectivity index (χ2n) is 20.1. The van der Waals surface area contributed by atoms with Gasteiger partial charge in [0.15, 0.2) is 0 Å². The maximum atomic E-state index is 2.87. The Balaban J connectivity index is 0.909. The SMILES string of the molecule is Cc1ccc(-c2ccc(N(c3ccccc3)c3ccc(-c4ccc(N(c5ccc(N(c6ccccc6)C6CCCCC6)cc5)c5ccc(N(C6CCCCC6)C6CCCCC6)cc5)cc4)cc3)cc2)s1. The Morgan fingerprint density at radius 3 is 1.04 bits per heavy atom. The van der Waals surface area contributed by atoms with Crippen LogP contribution in [0.3, 0.4) is 0 Å². The largest absolute Gasteiger partial charge is 0.366 e. The standard InChI is InChI=1S/C65H68N4S/c1-49-27-48-65(70-49)52-32-38-60(39-33-52)68(57-25-15-6-16-26-57)58-34-28-50(29-35-58)51-30-36-59(37-31-51)69(63-44-40-61(41-45-63)66(53-17-7-2-8-18-53)54-19-9-3-10-20-54)64-46-42-62(43-47-64)67(55-21-11-4-12-22-55)56-23-13-5-14-24-56/h2,6-8,15-18,25-48,54-56H,3-5,9-14,19-24H2,1H3. The van der Waals surface area contributed by atoms with Crippen molar-refractivity contribution < 1.29 is 0 Å². The molecule has 0 saturated heterocycles. The number of hydrogen-bond acceptors (Lipinski definition) is 5. The first-order valence-corrected chi connectivity index (χ1v) is 27.3. The van der Waals surface area contributed by atoms with Gasteiger partial charge in [0, 0.05) is 79.1 Å². The first kappa shape index (κ1) is 45.9. The molecule has 0 radical (unpaired) electrons. The number of benzene rings is 7. The van der Waals surface area contributed by atoms with Crippen molar-refractivity contribution in [3.8, 4) is 21.6 Å². The minimum atomic E-state index is 0.512. The molecule has 3 aliphatic rings. The lowest BCUT2D eigenvalue weighted by atomic mass is 9.88. The van der Waals surface area contributed by atoms with E-state index in [1.54, 1.807) is 0 Å². The van der Waals surface area contributed by atoms with Crippen LogP contribution in [-0.2, 0) is 0 Å². The first-order valence-electron chi connectivity index (χ1n) is 26.5. The predicted octanol–water partition coefficient (Wildman–Crippen LogP) is 19.3. The molecule has 0 unspecified atom stereocenters. The molecular formula is C65H68N4S. The number of nitrogens with zero attached hydrogens (tertiary/aromatic N) is 4. The van der Waals surface area contributed by atoms with Crippen molar-refractivity contribution in [3.63, 3.8) is 0 Å². The van der Waals surface area contributed by atoms with Crippen molar-refractivity contribution in [2.24, 2.45) is 0 Å². The van der Waals surface area contributed by atoms with Gasteiger partial charge in [-0.15, -0.1) is 11.3 Å². The molecular weight excluding hydrogens is 869 g/mol. The van der Waals surface area contributed by atoms with Gasteiger partial charge in [0.05, 0.1) is 0 Å². The molecule has 0 spiro atoms. The Labute approximate surface area is 421 Å². The molecule has 3 saturated carbocycles. The van der Waals surface area contributed by atoms with E-state index < -0.39 is 0 Å². The molecule has 354 valence electrons. The minimum absolute atomic E-state index is 0.512. The summed E-state index contributed by atoms with van der Waals surface area (Å²) in [7, 11) is 0. The van der Waals surface area contributed by atoms with E-state index in [9.17, 15) is 0 Å². The highest BCUT2D eigenvalue weighted by molar-refractivity contribution is 7.15. The van der Waals surface area contributed by atoms with Gasteiger partial charge in [0.1, 0.15) is 0 Å². The van der Waals surface area contributed by atoms with Gasteiger partial charge < -0.3 is 19.6 Å². The molecule has 3 fully saturated rings. The maximum Gasteiger partial charge on any atom is 0.0463 e. The molecule has 0 aliphatic heterocycles. The van der Waals surface area contributed by atoms with Gasteiger partial charge in [-0.25, -0.2) is 0 Å². The Kier molecular flexibility index (Phi) is 14.2. The van der Waals surface area contributed by atoms with Gasteiger partial charge in [-0.1, -0.05) is 131 Å². The van der Waals surface area contributed by atoms with Crippen molar-refractivity contribution in [2.75, 3.05) is 19.6 Å². The van der Waals surface area contributed by atoms with Crippen molar-refractivity contribution in [1.82, 2.24) is 0 Å². The number of hydrogen-bond donors (Lipinski definition) is 0. The molecule has 4 nitrogen and oxygen atoms in total. The van der Waals surface area contributed by atoms with Crippen LogP contribution in [0.15, 0.2) is 194 Å². The fraction of sp³-hybridized carbons (Fsp3) is 0.292. The lowest BCUT2D eigenvalue weighted by Gasteiger charge is -2.43. The summed E-state index contributed by atoms with van der Waals surface area (Å²) in [5, 5.41) is 0. The van der Waals surface area contributed by atoms with Crippen LogP contribution in [0.25, 0.3) is 21.6 Å². The zero-order valence-electron chi connectivity index (χ0n) is 41.0. The summed E-state index contributed by atoms with van der Waals surface area (Å²) in [6.07, 6.45) is 19.9. The van der Waals surface area contributed by atoms with Crippen LogP contribution in [0.5, 0.6) is 0 Å².